The van der Waals surface area contributed by atoms with Gasteiger partial charge in [0.05, 0.1) is 10.0 Å². The van der Waals surface area contributed by atoms with Gasteiger partial charge in [-0.3, -0.25) is 0 Å². The summed E-state index contributed by atoms with van der Waals surface area (Å²) in [4.78, 5) is 11.1. The molecule has 0 fully saturated rings. The molecule has 0 saturated carbocycles. The number of rotatable bonds is 3. The normalized spacial score (nSPS) is 10.3. The van der Waals surface area contributed by atoms with E-state index in [1.807, 2.05) is 0 Å². The van der Waals surface area contributed by atoms with Crippen molar-refractivity contribution in [1.82, 2.24) is 0 Å². The number of hydrogen-bond acceptors (Lipinski definition) is 2. The summed E-state index contributed by atoms with van der Waals surface area (Å²) >= 11 is 11.5. The Bertz CT molecular complexity index is 644. The average molecular weight is 301 g/mol. The van der Waals surface area contributed by atoms with Gasteiger partial charge in [0.15, 0.2) is 17.3 Å². The number of carbonyl (C=O) groups is 1. The Morgan fingerprint density at radius 2 is 1.74 bits per heavy atom. The Morgan fingerprint density at radius 3 is 2.42 bits per heavy atom. The molecule has 0 unspecified atom stereocenters. The number of ether oxygens (including phenoxy) is 1. The van der Waals surface area contributed by atoms with Crippen molar-refractivity contribution in [2.45, 2.75) is 0 Å². The number of benzene rings is 2. The van der Waals surface area contributed by atoms with Gasteiger partial charge in [0, 0.05) is 0 Å². The Labute approximate surface area is 118 Å². The molecule has 2 aromatic rings. The molecule has 0 aliphatic rings. The zero-order valence-corrected chi connectivity index (χ0v) is 10.9. The van der Waals surface area contributed by atoms with Gasteiger partial charge >= 0.3 is 5.97 Å². The zero-order valence-electron chi connectivity index (χ0n) is 9.36. The van der Waals surface area contributed by atoms with Crippen molar-refractivity contribution < 1.29 is 19.0 Å². The maximum atomic E-state index is 13.7. The van der Waals surface area contributed by atoms with Crippen LogP contribution in [0.2, 0.25) is 10.0 Å². The average Bonchev–Trinajstić information content (AvgIpc) is 2.36. The van der Waals surface area contributed by atoms with Crippen molar-refractivity contribution in [3.63, 3.8) is 0 Å². The Kier molecular flexibility index (Phi) is 3.93. The van der Waals surface area contributed by atoms with E-state index >= 15 is 0 Å². The number of hydrogen-bond donors (Lipinski definition) is 1. The molecular weight excluding hydrogens is 294 g/mol. The van der Waals surface area contributed by atoms with Crippen molar-refractivity contribution in [3.05, 3.63) is 57.8 Å². The van der Waals surface area contributed by atoms with Crippen LogP contribution in [0.5, 0.6) is 11.5 Å². The molecule has 6 heteroatoms. The highest BCUT2D eigenvalue weighted by Gasteiger charge is 2.17. The molecule has 3 nitrogen and oxygen atoms in total. The summed E-state index contributed by atoms with van der Waals surface area (Å²) in [5.74, 6) is -2.32. The van der Waals surface area contributed by atoms with E-state index < -0.39 is 11.8 Å². The van der Waals surface area contributed by atoms with Crippen molar-refractivity contribution in [2.24, 2.45) is 0 Å². The monoisotopic (exact) mass is 300 g/mol. The second-order valence-electron chi connectivity index (χ2n) is 3.58. The van der Waals surface area contributed by atoms with Crippen LogP contribution in [-0.2, 0) is 0 Å². The number of carboxylic acid groups (broad SMARTS) is 1. The van der Waals surface area contributed by atoms with Gasteiger partial charge in [-0.05, 0) is 24.3 Å². The highest BCUT2D eigenvalue weighted by Crippen LogP contribution is 2.35. The van der Waals surface area contributed by atoms with Gasteiger partial charge in [-0.1, -0.05) is 35.3 Å². The fourth-order valence-corrected chi connectivity index (χ4v) is 1.83. The van der Waals surface area contributed by atoms with Gasteiger partial charge in [-0.25, -0.2) is 9.18 Å². The van der Waals surface area contributed by atoms with Crippen molar-refractivity contribution in [1.29, 1.82) is 0 Å². The van der Waals surface area contributed by atoms with Gasteiger partial charge in [0.1, 0.15) is 5.56 Å². The number of para-hydroxylation sites is 1. The van der Waals surface area contributed by atoms with Gasteiger partial charge in [-0.15, -0.1) is 0 Å². The third-order valence-corrected chi connectivity index (χ3v) is 2.92. The van der Waals surface area contributed by atoms with E-state index in [2.05, 4.69) is 0 Å². The van der Waals surface area contributed by atoms with E-state index in [1.54, 1.807) is 0 Å². The van der Waals surface area contributed by atoms with E-state index in [0.29, 0.717) is 0 Å². The predicted molar refractivity (Wildman–Crippen MR) is 69.9 cm³/mol. The van der Waals surface area contributed by atoms with Crippen LogP contribution in [0.4, 0.5) is 4.39 Å². The molecule has 2 aromatic carbocycles. The maximum absolute atomic E-state index is 13.7. The summed E-state index contributed by atoms with van der Waals surface area (Å²) in [7, 11) is 0. The van der Waals surface area contributed by atoms with Gasteiger partial charge in [-0.2, -0.15) is 0 Å². The minimum Gasteiger partial charge on any atom is -0.478 e. The van der Waals surface area contributed by atoms with Gasteiger partial charge in [0.2, 0.25) is 0 Å². The largest absolute Gasteiger partial charge is 0.478 e. The molecule has 0 atom stereocenters. The highest BCUT2D eigenvalue weighted by atomic mass is 35.5. The topological polar surface area (TPSA) is 46.5 Å². The van der Waals surface area contributed by atoms with E-state index in [0.717, 1.165) is 0 Å². The third kappa shape index (κ3) is 2.80. The molecule has 98 valence electrons. The van der Waals surface area contributed by atoms with Crippen molar-refractivity contribution >= 4 is 29.2 Å². The molecule has 2 rings (SSSR count). The highest BCUT2D eigenvalue weighted by molar-refractivity contribution is 6.32. The third-order valence-electron chi connectivity index (χ3n) is 2.33. The van der Waals surface area contributed by atoms with Crippen molar-refractivity contribution in [3.8, 4) is 11.5 Å². The van der Waals surface area contributed by atoms with E-state index in [9.17, 15) is 9.18 Å². The summed E-state index contributed by atoms with van der Waals surface area (Å²) in [6.07, 6.45) is 0. The summed E-state index contributed by atoms with van der Waals surface area (Å²) in [6, 6.07) is 8.40. The molecule has 0 aliphatic carbocycles. The molecule has 19 heavy (non-hydrogen) atoms. The van der Waals surface area contributed by atoms with Crippen molar-refractivity contribution in [2.75, 3.05) is 0 Å². The Balaban J connectivity index is 2.49. The lowest BCUT2D eigenvalue weighted by Crippen LogP contribution is -2.01. The molecule has 1 N–H and O–H groups in total. The SMILES string of the molecule is O=C(O)c1cccc(Cl)c1Oc1cccc(Cl)c1F. The van der Waals surface area contributed by atoms with Crippen LogP contribution in [0.1, 0.15) is 10.4 Å². The number of carboxylic acids is 1. The molecule has 0 radical (unpaired) electrons. The molecule has 0 saturated heterocycles. The first-order valence-electron chi connectivity index (χ1n) is 5.14. The summed E-state index contributed by atoms with van der Waals surface area (Å²) in [6.45, 7) is 0. The Morgan fingerprint density at radius 1 is 1.11 bits per heavy atom. The minimum atomic E-state index is -1.22. The van der Waals surface area contributed by atoms with Crippen LogP contribution in [0, 0.1) is 5.82 Å². The van der Waals surface area contributed by atoms with Gasteiger partial charge in [0.25, 0.3) is 0 Å². The zero-order chi connectivity index (χ0) is 14.0. The molecule has 0 amide bonds. The first kappa shape index (κ1) is 13.6. The maximum Gasteiger partial charge on any atom is 0.339 e. The van der Waals surface area contributed by atoms with Crippen LogP contribution >= 0.6 is 23.2 Å². The minimum absolute atomic E-state index is 0.0688. The standard InChI is InChI=1S/C13H7Cl2FO3/c14-8-4-2-6-10(11(8)16)19-12-7(13(17)18)3-1-5-9(12)15/h1-6H,(H,17,18). The quantitative estimate of drug-likeness (QED) is 0.899. The molecular formula is C13H7Cl2FO3. The lowest BCUT2D eigenvalue weighted by atomic mass is 10.2. The molecule has 0 spiro atoms. The predicted octanol–water partition coefficient (Wildman–Crippen LogP) is 4.62. The first-order chi connectivity index (χ1) is 9.00. The van der Waals surface area contributed by atoms with E-state index in [-0.39, 0.29) is 27.1 Å². The van der Waals surface area contributed by atoms with Gasteiger partial charge < -0.3 is 9.84 Å². The molecule has 0 bridgehead atoms. The number of halogens is 3. The van der Waals surface area contributed by atoms with Crippen LogP contribution in [0.3, 0.4) is 0 Å². The van der Waals surface area contributed by atoms with E-state index in [4.69, 9.17) is 33.0 Å². The van der Waals surface area contributed by atoms with Crippen LogP contribution < -0.4 is 4.74 Å². The fourth-order valence-electron chi connectivity index (χ4n) is 1.45. The summed E-state index contributed by atoms with van der Waals surface area (Å²) < 4.78 is 18.9. The lowest BCUT2D eigenvalue weighted by Gasteiger charge is -2.11. The van der Waals surface area contributed by atoms with Crippen LogP contribution in [0.25, 0.3) is 0 Å². The smallest absolute Gasteiger partial charge is 0.339 e. The Hall–Kier alpha value is -1.78. The van der Waals surface area contributed by atoms with Crippen LogP contribution in [-0.4, -0.2) is 11.1 Å². The molecule has 0 heterocycles. The van der Waals surface area contributed by atoms with E-state index in [1.165, 1.54) is 36.4 Å². The molecule has 0 aliphatic heterocycles. The second kappa shape index (κ2) is 5.47. The van der Waals surface area contributed by atoms with Crippen LogP contribution in [0.15, 0.2) is 36.4 Å². The lowest BCUT2D eigenvalue weighted by molar-refractivity contribution is 0.0694. The number of aromatic carboxylic acids is 1. The second-order valence-corrected chi connectivity index (χ2v) is 4.39. The summed E-state index contributed by atoms with van der Waals surface area (Å²) in [5, 5.41) is 8.98. The fraction of sp³-hybridized carbons (Fsp3) is 0. The first-order valence-corrected chi connectivity index (χ1v) is 5.90. The molecule has 0 aromatic heterocycles. The summed E-state index contributed by atoms with van der Waals surface area (Å²) in [5.41, 5.74) is -0.160.